The van der Waals surface area contributed by atoms with E-state index in [1.165, 1.54) is 7.11 Å². The van der Waals surface area contributed by atoms with E-state index in [1.807, 2.05) is 6.92 Å². The summed E-state index contributed by atoms with van der Waals surface area (Å²) in [6.07, 6.45) is 3.17. The molecule has 2 aliphatic heterocycles. The van der Waals surface area contributed by atoms with E-state index in [-0.39, 0.29) is 11.9 Å². The summed E-state index contributed by atoms with van der Waals surface area (Å²) in [6, 6.07) is -0.423. The molecule has 2 heterocycles. The van der Waals surface area contributed by atoms with Crippen molar-refractivity contribution in [1.29, 1.82) is 0 Å². The number of ether oxygens (including phenoxy) is 2. The highest BCUT2D eigenvalue weighted by Gasteiger charge is 2.45. The van der Waals surface area contributed by atoms with Crippen molar-refractivity contribution in [2.45, 2.75) is 44.2 Å². The molecule has 0 aromatic rings. The molecule has 0 saturated carbocycles. The standard InChI is InChI=1S/C12H19NO4/c1-12(6-4-8-17-12)11(15)13-7-3-5-9(13)10(14)16-2/h9H,3-8H2,1-2H3. The van der Waals surface area contributed by atoms with Crippen LogP contribution in [-0.4, -0.2) is 48.7 Å². The van der Waals surface area contributed by atoms with Gasteiger partial charge in [0.25, 0.3) is 5.91 Å². The summed E-state index contributed by atoms with van der Waals surface area (Å²) in [5.41, 5.74) is -0.739. The van der Waals surface area contributed by atoms with Gasteiger partial charge in [0.15, 0.2) is 0 Å². The Balaban J connectivity index is 2.10. The second kappa shape index (κ2) is 4.64. The molecule has 2 unspecified atom stereocenters. The molecule has 5 nitrogen and oxygen atoms in total. The summed E-state index contributed by atoms with van der Waals surface area (Å²) in [5.74, 6) is -0.389. The molecule has 0 N–H and O–H groups in total. The van der Waals surface area contributed by atoms with Gasteiger partial charge in [0.05, 0.1) is 7.11 Å². The number of carbonyl (C=O) groups is 2. The van der Waals surface area contributed by atoms with E-state index in [4.69, 9.17) is 9.47 Å². The number of hydrogen-bond acceptors (Lipinski definition) is 4. The first kappa shape index (κ1) is 12.4. The maximum Gasteiger partial charge on any atom is 0.328 e. The topological polar surface area (TPSA) is 55.8 Å². The zero-order valence-corrected chi connectivity index (χ0v) is 10.4. The molecule has 2 aliphatic rings. The molecule has 0 aromatic carbocycles. The van der Waals surface area contributed by atoms with Gasteiger partial charge in [-0.05, 0) is 32.6 Å². The smallest absolute Gasteiger partial charge is 0.328 e. The van der Waals surface area contributed by atoms with Gasteiger partial charge in [-0.25, -0.2) is 4.79 Å². The molecule has 2 rings (SSSR count). The molecule has 0 spiro atoms. The average molecular weight is 241 g/mol. The molecule has 1 amide bonds. The molecule has 2 atom stereocenters. The van der Waals surface area contributed by atoms with Crippen molar-refractivity contribution in [1.82, 2.24) is 4.90 Å². The van der Waals surface area contributed by atoms with Crippen molar-refractivity contribution < 1.29 is 19.1 Å². The van der Waals surface area contributed by atoms with Crippen LogP contribution in [0.3, 0.4) is 0 Å². The van der Waals surface area contributed by atoms with E-state index in [9.17, 15) is 9.59 Å². The predicted molar refractivity (Wildman–Crippen MR) is 60.3 cm³/mol. The van der Waals surface area contributed by atoms with Crippen LogP contribution >= 0.6 is 0 Å². The summed E-state index contributed by atoms with van der Waals surface area (Å²) >= 11 is 0. The summed E-state index contributed by atoms with van der Waals surface area (Å²) in [7, 11) is 1.36. The lowest BCUT2D eigenvalue weighted by atomic mass is 10.0. The van der Waals surface area contributed by atoms with E-state index < -0.39 is 11.6 Å². The Morgan fingerprint density at radius 3 is 2.76 bits per heavy atom. The molecule has 0 radical (unpaired) electrons. The molecule has 17 heavy (non-hydrogen) atoms. The Kier molecular flexibility index (Phi) is 3.38. The number of rotatable bonds is 2. The van der Waals surface area contributed by atoms with Crippen molar-refractivity contribution in [3.05, 3.63) is 0 Å². The summed E-state index contributed by atoms with van der Waals surface area (Å²) in [5, 5.41) is 0. The van der Waals surface area contributed by atoms with Crippen LogP contribution < -0.4 is 0 Å². The van der Waals surface area contributed by atoms with Crippen LogP contribution in [0, 0.1) is 0 Å². The lowest BCUT2D eigenvalue weighted by Gasteiger charge is -2.31. The van der Waals surface area contributed by atoms with E-state index in [0.29, 0.717) is 19.6 Å². The molecule has 0 bridgehead atoms. The Labute approximate surface area is 101 Å². The fourth-order valence-corrected chi connectivity index (χ4v) is 2.64. The average Bonchev–Trinajstić information content (AvgIpc) is 2.96. The van der Waals surface area contributed by atoms with Crippen LogP contribution in [0.4, 0.5) is 0 Å². The quantitative estimate of drug-likeness (QED) is 0.668. The lowest BCUT2D eigenvalue weighted by molar-refractivity contribution is -0.159. The van der Waals surface area contributed by atoms with Crippen LogP contribution in [0.25, 0.3) is 0 Å². The molecule has 2 saturated heterocycles. The van der Waals surface area contributed by atoms with Gasteiger partial charge < -0.3 is 14.4 Å². The molecular formula is C12H19NO4. The number of nitrogens with zero attached hydrogens (tertiary/aromatic N) is 1. The van der Waals surface area contributed by atoms with Gasteiger partial charge >= 0.3 is 5.97 Å². The summed E-state index contributed by atoms with van der Waals surface area (Å²) in [6.45, 7) is 3.06. The van der Waals surface area contributed by atoms with Crippen molar-refractivity contribution in [2.75, 3.05) is 20.3 Å². The zero-order chi connectivity index (χ0) is 12.5. The molecule has 0 aliphatic carbocycles. The summed E-state index contributed by atoms with van der Waals surface area (Å²) < 4.78 is 10.3. The number of likely N-dealkylation sites (tertiary alicyclic amines) is 1. The van der Waals surface area contributed by atoms with Crippen molar-refractivity contribution >= 4 is 11.9 Å². The Morgan fingerprint density at radius 2 is 2.18 bits per heavy atom. The van der Waals surface area contributed by atoms with Gasteiger partial charge in [0.2, 0.25) is 0 Å². The highest BCUT2D eigenvalue weighted by Crippen LogP contribution is 2.30. The van der Waals surface area contributed by atoms with E-state index in [2.05, 4.69) is 0 Å². The van der Waals surface area contributed by atoms with Crippen LogP contribution in [-0.2, 0) is 19.1 Å². The lowest BCUT2D eigenvalue weighted by Crippen LogP contribution is -2.51. The second-order valence-corrected chi connectivity index (χ2v) is 4.86. The SMILES string of the molecule is COC(=O)C1CCCN1C(=O)C1(C)CCCO1. The minimum Gasteiger partial charge on any atom is -0.467 e. The van der Waals surface area contributed by atoms with Crippen LogP contribution in [0.5, 0.6) is 0 Å². The van der Waals surface area contributed by atoms with E-state index in [0.717, 1.165) is 19.3 Å². The van der Waals surface area contributed by atoms with Crippen LogP contribution in [0.2, 0.25) is 0 Å². The highest BCUT2D eigenvalue weighted by atomic mass is 16.5. The monoisotopic (exact) mass is 241 g/mol. The third-order valence-electron chi connectivity index (χ3n) is 3.66. The number of methoxy groups -OCH3 is 1. The Morgan fingerprint density at radius 1 is 1.41 bits per heavy atom. The van der Waals surface area contributed by atoms with Gasteiger partial charge in [-0.1, -0.05) is 0 Å². The van der Waals surface area contributed by atoms with Crippen LogP contribution in [0.1, 0.15) is 32.6 Å². The minimum absolute atomic E-state index is 0.0668. The first-order chi connectivity index (χ1) is 8.08. The maximum absolute atomic E-state index is 12.4. The summed E-state index contributed by atoms with van der Waals surface area (Å²) in [4.78, 5) is 25.6. The zero-order valence-electron chi connectivity index (χ0n) is 10.4. The Hall–Kier alpha value is -1.10. The maximum atomic E-state index is 12.4. The van der Waals surface area contributed by atoms with Gasteiger partial charge in [0, 0.05) is 13.2 Å². The van der Waals surface area contributed by atoms with Crippen molar-refractivity contribution in [3.8, 4) is 0 Å². The van der Waals surface area contributed by atoms with Gasteiger partial charge in [-0.15, -0.1) is 0 Å². The largest absolute Gasteiger partial charge is 0.467 e. The molecule has 0 aromatic heterocycles. The first-order valence-electron chi connectivity index (χ1n) is 6.11. The number of carbonyl (C=O) groups excluding carboxylic acids is 2. The second-order valence-electron chi connectivity index (χ2n) is 4.86. The number of esters is 1. The predicted octanol–water partition coefficient (Wildman–Crippen LogP) is 0.719. The fraction of sp³-hybridized carbons (Fsp3) is 0.833. The Bertz CT molecular complexity index is 322. The number of amides is 1. The van der Waals surface area contributed by atoms with Gasteiger partial charge in [-0.2, -0.15) is 0 Å². The van der Waals surface area contributed by atoms with Gasteiger partial charge in [-0.3, -0.25) is 4.79 Å². The fourth-order valence-electron chi connectivity index (χ4n) is 2.64. The molecule has 96 valence electrons. The molecule has 5 heteroatoms. The molecule has 2 fully saturated rings. The third kappa shape index (κ3) is 2.16. The normalized spacial score (nSPS) is 32.8. The molecular weight excluding hydrogens is 222 g/mol. The van der Waals surface area contributed by atoms with E-state index >= 15 is 0 Å². The van der Waals surface area contributed by atoms with E-state index in [1.54, 1.807) is 4.90 Å². The third-order valence-corrected chi connectivity index (χ3v) is 3.66. The first-order valence-corrected chi connectivity index (χ1v) is 6.11. The van der Waals surface area contributed by atoms with Gasteiger partial charge in [0.1, 0.15) is 11.6 Å². The van der Waals surface area contributed by atoms with Crippen molar-refractivity contribution in [3.63, 3.8) is 0 Å². The van der Waals surface area contributed by atoms with Crippen molar-refractivity contribution in [2.24, 2.45) is 0 Å². The van der Waals surface area contributed by atoms with Crippen LogP contribution in [0.15, 0.2) is 0 Å². The number of hydrogen-bond donors (Lipinski definition) is 0. The minimum atomic E-state index is -0.739. The highest BCUT2D eigenvalue weighted by molar-refractivity contribution is 5.90.